The number of carbonyl (C=O) groups excluding carboxylic acids is 3. The van der Waals surface area contributed by atoms with Crippen molar-refractivity contribution in [1.29, 1.82) is 0 Å². The second-order valence-corrected chi connectivity index (χ2v) is 18.8. The molecule has 3 fully saturated rings. The number of carboxylic acid groups (broad SMARTS) is 1. The van der Waals surface area contributed by atoms with Crippen molar-refractivity contribution in [3.8, 4) is 11.5 Å². The molecule has 0 radical (unpaired) electrons. The summed E-state index contributed by atoms with van der Waals surface area (Å²) < 4.78 is 29.9. The summed E-state index contributed by atoms with van der Waals surface area (Å²) in [6.07, 6.45) is 2.22. The van der Waals surface area contributed by atoms with Crippen molar-refractivity contribution < 1.29 is 68.4 Å². The topological polar surface area (TPSA) is 216 Å². The average molecular weight is 861 g/mol. The number of aliphatic carboxylic acids is 1. The summed E-state index contributed by atoms with van der Waals surface area (Å²) in [4.78, 5) is 54.9. The molecule has 0 aromatic heterocycles. The summed E-state index contributed by atoms with van der Waals surface area (Å²) in [5.41, 5.74) is -0.0264. The van der Waals surface area contributed by atoms with Gasteiger partial charge in [0, 0.05) is 29.4 Å². The number of methoxy groups -OCH3 is 1. The number of esters is 2. The van der Waals surface area contributed by atoms with Crippen molar-refractivity contribution in [2.24, 2.45) is 40.9 Å². The number of ketones is 1. The van der Waals surface area contributed by atoms with Gasteiger partial charge in [-0.3, -0.25) is 4.79 Å². The molecule has 0 unspecified atom stereocenters. The molecule has 14 heteroatoms. The molecule has 0 amide bonds. The van der Waals surface area contributed by atoms with E-state index in [1.807, 2.05) is 39.8 Å². The number of Topliss-reactive ketones (excluding diaryl/α,β-unsaturated/α-hetero) is 1. The van der Waals surface area contributed by atoms with E-state index in [4.69, 9.17) is 23.7 Å². The zero-order valence-electron chi connectivity index (χ0n) is 36.8. The van der Waals surface area contributed by atoms with Gasteiger partial charge in [-0.15, -0.1) is 0 Å². The Hall–Kier alpha value is -4.76. The monoisotopic (exact) mass is 860 g/mol. The zero-order chi connectivity index (χ0) is 45.3. The van der Waals surface area contributed by atoms with Crippen LogP contribution in [0.25, 0.3) is 0 Å². The third kappa shape index (κ3) is 7.40. The lowest BCUT2D eigenvalue weighted by atomic mass is 9.47. The summed E-state index contributed by atoms with van der Waals surface area (Å²) in [5, 5.41) is 55.8. The number of rotatable bonds is 6. The van der Waals surface area contributed by atoms with Crippen LogP contribution in [0.5, 0.6) is 11.5 Å². The first-order chi connectivity index (χ1) is 29.2. The Bertz CT molecular complexity index is 2200. The summed E-state index contributed by atoms with van der Waals surface area (Å²) in [7, 11) is 1.34. The largest absolute Gasteiger partial charge is 0.511 e. The number of hydrogen-bond acceptors (Lipinski definition) is 13. The smallest absolute Gasteiger partial charge is 0.346 e. The molecule has 4 aliphatic carbocycles. The van der Waals surface area contributed by atoms with Crippen molar-refractivity contribution in [2.45, 2.75) is 130 Å². The highest BCUT2D eigenvalue weighted by Crippen LogP contribution is 2.62. The van der Waals surface area contributed by atoms with Crippen LogP contribution in [0.4, 0.5) is 0 Å². The third-order valence-electron chi connectivity index (χ3n) is 14.7. The number of benzene rings is 1. The van der Waals surface area contributed by atoms with Crippen LogP contribution in [-0.4, -0.2) is 98.7 Å². The molecule has 62 heavy (non-hydrogen) atoms. The van der Waals surface area contributed by atoms with Crippen molar-refractivity contribution in [1.82, 2.24) is 0 Å². The number of aliphatic hydroxyl groups is 3. The minimum atomic E-state index is -1.74. The zero-order valence-corrected chi connectivity index (χ0v) is 36.8. The number of fused-ring (bicyclic) bond motifs is 4. The van der Waals surface area contributed by atoms with Crippen LogP contribution in [0.3, 0.4) is 0 Å². The molecule has 7 rings (SSSR count). The maximum absolute atomic E-state index is 15.0. The van der Waals surface area contributed by atoms with Crippen molar-refractivity contribution >= 4 is 23.7 Å². The highest BCUT2D eigenvalue weighted by atomic mass is 16.7. The van der Waals surface area contributed by atoms with Crippen LogP contribution >= 0.6 is 0 Å². The minimum Gasteiger partial charge on any atom is -0.511 e. The number of hydrogen-bond donors (Lipinski definition) is 5. The van der Waals surface area contributed by atoms with Gasteiger partial charge in [0.05, 0.1) is 19.3 Å². The number of phenolic OH excluding ortho intramolecular Hbond substituents is 1. The normalized spacial score (nSPS) is 41.4. The van der Waals surface area contributed by atoms with Crippen molar-refractivity contribution in [2.75, 3.05) is 7.11 Å². The molecule has 2 bridgehead atoms. The summed E-state index contributed by atoms with van der Waals surface area (Å²) in [6, 6.07) is 2.65. The second kappa shape index (κ2) is 16.7. The van der Waals surface area contributed by atoms with Crippen LogP contribution < -0.4 is 4.74 Å². The van der Waals surface area contributed by atoms with Crippen LogP contribution in [0, 0.1) is 47.8 Å². The van der Waals surface area contributed by atoms with Crippen LogP contribution in [-0.2, 0) is 33.3 Å². The SMILES string of the molecule is COc1cc(O)cc(C)c1C(=O)O[C@H]1[C@@H](O)[C@H](O)[C@H](O[C@H]2CC=C(C)[C@H]3[C@@H]2C[C@H](C)[C@@H]2/C(C)=C\CC/C(C)=C\[C@H]4C=C(C(=O)O)[C@@H](C)C[C@]45OC(=O)/C(=C(\O)[C@]32C)C5=O)O[C@H]1C. The quantitative estimate of drug-likeness (QED) is 0.120. The van der Waals surface area contributed by atoms with E-state index in [0.717, 1.165) is 16.7 Å². The van der Waals surface area contributed by atoms with E-state index in [1.54, 1.807) is 20.8 Å². The maximum atomic E-state index is 15.0. The van der Waals surface area contributed by atoms with Gasteiger partial charge in [0.15, 0.2) is 18.0 Å². The van der Waals surface area contributed by atoms with Gasteiger partial charge in [0.1, 0.15) is 40.6 Å². The number of carboxylic acids is 1. The Morgan fingerprint density at radius 3 is 2.31 bits per heavy atom. The number of aromatic hydroxyl groups is 1. The fourth-order valence-corrected chi connectivity index (χ4v) is 12.0. The van der Waals surface area contributed by atoms with E-state index in [-0.39, 0.29) is 52.6 Å². The highest BCUT2D eigenvalue weighted by Gasteiger charge is 2.64. The molecule has 2 saturated heterocycles. The number of carbonyl (C=O) groups is 4. The third-order valence-corrected chi connectivity index (χ3v) is 14.7. The van der Waals surface area contributed by atoms with Crippen LogP contribution in [0.1, 0.15) is 96.5 Å². The average Bonchev–Trinajstić information content (AvgIpc) is 3.43. The lowest BCUT2D eigenvalue weighted by Gasteiger charge is -2.57. The van der Waals surface area contributed by atoms with Crippen molar-refractivity contribution in [3.05, 3.63) is 81.2 Å². The molecular formula is C48H60O14. The van der Waals surface area contributed by atoms with Gasteiger partial charge in [0.25, 0.3) is 0 Å². The highest BCUT2D eigenvalue weighted by molar-refractivity contribution is 6.26. The predicted molar refractivity (Wildman–Crippen MR) is 224 cm³/mol. The fourth-order valence-electron chi connectivity index (χ4n) is 12.0. The first kappa shape index (κ1) is 45.3. The van der Waals surface area contributed by atoms with Gasteiger partial charge in [0.2, 0.25) is 5.78 Å². The molecule has 1 aromatic rings. The lowest BCUT2D eigenvalue weighted by molar-refractivity contribution is -0.310. The molecule has 14 atom stereocenters. The van der Waals surface area contributed by atoms with E-state index in [2.05, 4.69) is 13.0 Å². The molecule has 6 aliphatic rings. The molecule has 2 heterocycles. The number of ether oxygens (including phenoxy) is 5. The number of aliphatic hydroxyl groups excluding tert-OH is 3. The molecule has 1 spiro atoms. The van der Waals surface area contributed by atoms with E-state index >= 15 is 0 Å². The first-order valence-corrected chi connectivity index (χ1v) is 21.6. The van der Waals surface area contributed by atoms with E-state index in [9.17, 15) is 44.7 Å². The molecule has 1 saturated carbocycles. The Labute approximate surface area is 361 Å². The van der Waals surface area contributed by atoms with Gasteiger partial charge in [-0.05, 0) is 102 Å². The Morgan fingerprint density at radius 2 is 1.63 bits per heavy atom. The minimum absolute atomic E-state index is 0.0450. The van der Waals surface area contributed by atoms with Gasteiger partial charge < -0.3 is 49.2 Å². The van der Waals surface area contributed by atoms with Gasteiger partial charge >= 0.3 is 17.9 Å². The van der Waals surface area contributed by atoms with Crippen LogP contribution in [0.2, 0.25) is 0 Å². The van der Waals surface area contributed by atoms with E-state index < -0.39 is 94.8 Å². The maximum Gasteiger partial charge on any atom is 0.346 e. The van der Waals surface area contributed by atoms with Crippen molar-refractivity contribution in [3.63, 3.8) is 0 Å². The molecule has 2 aliphatic heterocycles. The number of aryl methyl sites for hydroxylation is 1. The molecular weight excluding hydrogens is 801 g/mol. The number of phenols is 1. The van der Waals surface area contributed by atoms with E-state index in [1.165, 1.54) is 25.3 Å². The summed E-state index contributed by atoms with van der Waals surface area (Å²) >= 11 is 0. The van der Waals surface area contributed by atoms with Gasteiger partial charge in [-0.2, -0.15) is 0 Å². The van der Waals surface area contributed by atoms with E-state index in [0.29, 0.717) is 31.2 Å². The van der Waals surface area contributed by atoms with Gasteiger partial charge in [-0.25, -0.2) is 14.4 Å². The predicted octanol–water partition coefficient (Wildman–Crippen LogP) is 6.36. The summed E-state index contributed by atoms with van der Waals surface area (Å²) in [5.74, 6) is -6.73. The standard InChI is InChI=1S/C48H60O14/c1-21-11-10-12-22(2)36-25(5)17-31-32(60-46-39(51)38(50)40(27(7)59-46)61-44(56)34-24(4)16-29(49)19-33(34)58-9)14-13-23(3)37(31)47(36,8)41(52)35-42(53)48(62-45(35)57)20-26(6)30(43(54)55)18-28(48)15-21/h12-13,15-16,18-19,25-28,31-32,36-40,46,49-52H,10-11,14,17,20H2,1-9H3,(H,54,55)/b21-15-,22-12-,41-35-/t25-,26-,27-,28-,31+,32-,36-,37-,38-,39-,40+,46-,47-,48-/m0/s1. The Balaban J connectivity index is 1.23. The Morgan fingerprint density at radius 1 is 0.935 bits per heavy atom. The second-order valence-electron chi connectivity index (χ2n) is 18.8. The molecule has 1 aromatic carbocycles. The lowest BCUT2D eigenvalue weighted by Crippen LogP contribution is -2.60. The molecule has 336 valence electrons. The Kier molecular flexibility index (Phi) is 12.2. The first-order valence-electron chi connectivity index (χ1n) is 21.6. The number of allylic oxidation sites excluding steroid dienone is 5. The molecule has 14 nitrogen and oxygen atoms in total. The fraction of sp³-hybridized carbons (Fsp3) is 0.583. The molecule has 5 N–H and O–H groups in total. The van der Waals surface area contributed by atoms with Gasteiger partial charge in [-0.1, -0.05) is 61.8 Å². The van der Waals surface area contributed by atoms with Crippen LogP contribution in [0.15, 0.2) is 70.1 Å². The summed E-state index contributed by atoms with van der Waals surface area (Å²) in [6.45, 7) is 14.8.